The van der Waals surface area contributed by atoms with E-state index < -0.39 is 0 Å². The van der Waals surface area contributed by atoms with Crippen molar-refractivity contribution in [3.8, 4) is 0 Å². The van der Waals surface area contributed by atoms with Crippen molar-refractivity contribution in [3.63, 3.8) is 0 Å². The number of carbonyl (C=O) groups is 2. The lowest BCUT2D eigenvalue weighted by atomic mass is 9.53. The monoisotopic (exact) mass is 291 g/mol. The number of hydrogen-bond acceptors (Lipinski definition) is 2. The number of amides is 3. The van der Waals surface area contributed by atoms with Gasteiger partial charge in [0.25, 0.3) is 0 Å². The molecule has 5 nitrogen and oxygen atoms in total. The minimum atomic E-state index is -0.0341. The molecule has 116 valence electrons. The summed E-state index contributed by atoms with van der Waals surface area (Å²) in [6, 6.07) is -0.0194. The molecule has 1 heterocycles. The van der Waals surface area contributed by atoms with E-state index in [1.54, 1.807) is 4.90 Å². The average molecular weight is 291 g/mol. The van der Waals surface area contributed by atoms with Crippen molar-refractivity contribution in [1.82, 2.24) is 15.5 Å². The van der Waals surface area contributed by atoms with Crippen LogP contribution in [0.15, 0.2) is 0 Å². The molecular weight excluding hydrogens is 266 g/mol. The summed E-state index contributed by atoms with van der Waals surface area (Å²) >= 11 is 0. The predicted molar refractivity (Wildman–Crippen MR) is 78.6 cm³/mol. The standard InChI is InChI=1S/C16H25N3O2/c20-14-10-19(3-1-2-17-14)15(21)18-16-7-11-4-12(8-16)6-13(5-11)9-16/h11-13H,1-10H2,(H,17,20)(H,18,21). The molecule has 0 unspecified atom stereocenters. The van der Waals surface area contributed by atoms with Crippen molar-refractivity contribution < 1.29 is 9.59 Å². The van der Waals surface area contributed by atoms with Gasteiger partial charge in [0.05, 0.1) is 0 Å². The van der Waals surface area contributed by atoms with E-state index in [0.717, 1.165) is 43.4 Å². The highest BCUT2D eigenvalue weighted by atomic mass is 16.2. The van der Waals surface area contributed by atoms with Crippen molar-refractivity contribution in [2.75, 3.05) is 19.6 Å². The van der Waals surface area contributed by atoms with Crippen LogP contribution in [-0.4, -0.2) is 42.0 Å². The van der Waals surface area contributed by atoms with E-state index >= 15 is 0 Å². The zero-order valence-corrected chi connectivity index (χ0v) is 12.6. The predicted octanol–water partition coefficient (Wildman–Crippen LogP) is 1.49. The normalized spacial score (nSPS) is 41.6. The smallest absolute Gasteiger partial charge is 0.318 e. The molecule has 0 aromatic carbocycles. The van der Waals surface area contributed by atoms with Gasteiger partial charge in [-0.05, 0) is 62.7 Å². The highest BCUT2D eigenvalue weighted by Gasteiger charge is 2.51. The van der Waals surface area contributed by atoms with E-state index in [1.807, 2.05) is 0 Å². The van der Waals surface area contributed by atoms with Crippen LogP contribution in [0.1, 0.15) is 44.9 Å². The van der Waals surface area contributed by atoms with Crippen molar-refractivity contribution in [1.29, 1.82) is 0 Å². The van der Waals surface area contributed by atoms with Gasteiger partial charge in [0.1, 0.15) is 6.54 Å². The molecule has 3 amide bonds. The van der Waals surface area contributed by atoms with Crippen LogP contribution in [0.3, 0.4) is 0 Å². The van der Waals surface area contributed by atoms with Crippen LogP contribution >= 0.6 is 0 Å². The molecule has 5 aliphatic rings. The Bertz CT molecular complexity index is 427. The topological polar surface area (TPSA) is 61.4 Å². The fourth-order valence-electron chi connectivity index (χ4n) is 5.55. The Morgan fingerprint density at radius 2 is 1.76 bits per heavy atom. The molecule has 5 rings (SSSR count). The quantitative estimate of drug-likeness (QED) is 0.769. The molecule has 5 heteroatoms. The largest absolute Gasteiger partial charge is 0.354 e. The lowest BCUT2D eigenvalue weighted by Crippen LogP contribution is -2.62. The van der Waals surface area contributed by atoms with Gasteiger partial charge < -0.3 is 15.5 Å². The maximum absolute atomic E-state index is 12.6. The van der Waals surface area contributed by atoms with E-state index in [9.17, 15) is 9.59 Å². The zero-order valence-electron chi connectivity index (χ0n) is 12.6. The van der Waals surface area contributed by atoms with Crippen LogP contribution in [0.25, 0.3) is 0 Å². The van der Waals surface area contributed by atoms with Crippen LogP contribution in [-0.2, 0) is 4.79 Å². The van der Waals surface area contributed by atoms with Crippen molar-refractivity contribution >= 4 is 11.9 Å². The van der Waals surface area contributed by atoms with Crippen molar-refractivity contribution in [2.24, 2.45) is 17.8 Å². The molecule has 1 saturated heterocycles. The maximum atomic E-state index is 12.6. The fraction of sp³-hybridized carbons (Fsp3) is 0.875. The third kappa shape index (κ3) is 2.51. The molecule has 4 aliphatic carbocycles. The first kappa shape index (κ1) is 13.4. The lowest BCUT2D eigenvalue weighted by molar-refractivity contribution is -0.121. The molecule has 4 bridgehead atoms. The Kier molecular flexibility index (Phi) is 3.12. The van der Waals surface area contributed by atoms with Crippen LogP contribution in [0, 0.1) is 17.8 Å². The van der Waals surface area contributed by atoms with Crippen LogP contribution in [0.5, 0.6) is 0 Å². The Morgan fingerprint density at radius 3 is 2.38 bits per heavy atom. The second kappa shape index (κ2) is 4.89. The molecule has 0 aromatic rings. The SMILES string of the molecule is O=C1CN(C(=O)NC23CC4CC(CC(C4)C2)C3)CCCN1. The van der Waals surface area contributed by atoms with Crippen LogP contribution < -0.4 is 10.6 Å². The Labute approximate surface area is 125 Å². The summed E-state index contributed by atoms with van der Waals surface area (Å²) in [5.74, 6) is 2.44. The second-order valence-electron chi connectivity index (χ2n) is 7.75. The lowest BCUT2D eigenvalue weighted by Gasteiger charge is -2.57. The molecule has 0 aromatic heterocycles. The molecule has 2 N–H and O–H groups in total. The molecule has 5 fully saturated rings. The molecule has 0 radical (unpaired) electrons. The van der Waals surface area contributed by atoms with Gasteiger partial charge >= 0.3 is 6.03 Å². The summed E-state index contributed by atoms with van der Waals surface area (Å²) in [6.07, 6.45) is 8.45. The summed E-state index contributed by atoms with van der Waals surface area (Å²) in [5, 5.41) is 6.18. The third-order valence-corrected chi connectivity index (χ3v) is 5.96. The van der Waals surface area contributed by atoms with Gasteiger partial charge in [-0.2, -0.15) is 0 Å². The van der Waals surface area contributed by atoms with Crippen LogP contribution in [0.4, 0.5) is 4.79 Å². The number of nitrogens with one attached hydrogen (secondary N) is 2. The average Bonchev–Trinajstić information content (AvgIpc) is 2.61. The molecule has 0 atom stereocenters. The Hall–Kier alpha value is -1.26. The first-order valence-corrected chi connectivity index (χ1v) is 8.46. The van der Waals surface area contributed by atoms with Gasteiger partial charge in [-0.15, -0.1) is 0 Å². The number of nitrogens with zero attached hydrogens (tertiary/aromatic N) is 1. The van der Waals surface area contributed by atoms with E-state index in [0.29, 0.717) is 13.1 Å². The first-order valence-electron chi connectivity index (χ1n) is 8.46. The minimum Gasteiger partial charge on any atom is -0.354 e. The highest BCUT2D eigenvalue weighted by Crippen LogP contribution is 2.55. The Balaban J connectivity index is 1.45. The van der Waals surface area contributed by atoms with Crippen molar-refractivity contribution in [3.05, 3.63) is 0 Å². The van der Waals surface area contributed by atoms with E-state index in [-0.39, 0.29) is 24.0 Å². The fourth-order valence-corrected chi connectivity index (χ4v) is 5.55. The molecular formula is C16H25N3O2. The molecule has 0 spiro atoms. The van der Waals surface area contributed by atoms with Gasteiger partial charge in [-0.1, -0.05) is 0 Å². The number of hydrogen-bond donors (Lipinski definition) is 2. The molecule has 21 heavy (non-hydrogen) atoms. The maximum Gasteiger partial charge on any atom is 0.318 e. The second-order valence-corrected chi connectivity index (χ2v) is 7.75. The van der Waals surface area contributed by atoms with Gasteiger partial charge in [0, 0.05) is 18.6 Å². The zero-order chi connectivity index (χ0) is 14.4. The summed E-state index contributed by atoms with van der Waals surface area (Å²) < 4.78 is 0. The third-order valence-electron chi connectivity index (χ3n) is 5.96. The first-order chi connectivity index (χ1) is 10.1. The van der Waals surface area contributed by atoms with Gasteiger partial charge in [-0.25, -0.2) is 4.79 Å². The summed E-state index contributed by atoms with van der Waals surface area (Å²) in [4.78, 5) is 25.9. The van der Waals surface area contributed by atoms with Gasteiger partial charge in [0.15, 0.2) is 0 Å². The summed E-state index contributed by atoms with van der Waals surface area (Å²) in [6.45, 7) is 1.56. The highest BCUT2D eigenvalue weighted by molar-refractivity contribution is 5.84. The summed E-state index contributed by atoms with van der Waals surface area (Å²) in [7, 11) is 0. The van der Waals surface area contributed by atoms with E-state index in [4.69, 9.17) is 0 Å². The number of carbonyl (C=O) groups excluding carboxylic acids is 2. The Morgan fingerprint density at radius 1 is 1.14 bits per heavy atom. The van der Waals surface area contributed by atoms with Crippen molar-refractivity contribution in [2.45, 2.75) is 50.5 Å². The van der Waals surface area contributed by atoms with Gasteiger partial charge in [-0.3, -0.25) is 4.79 Å². The molecule has 1 aliphatic heterocycles. The molecule has 4 saturated carbocycles. The van der Waals surface area contributed by atoms with E-state index in [1.165, 1.54) is 19.3 Å². The van der Waals surface area contributed by atoms with Crippen LogP contribution in [0.2, 0.25) is 0 Å². The number of rotatable bonds is 1. The minimum absolute atomic E-state index is 0.0194. The number of urea groups is 1. The summed E-state index contributed by atoms with van der Waals surface area (Å²) in [5.41, 5.74) is 0.0363. The van der Waals surface area contributed by atoms with Gasteiger partial charge in [0.2, 0.25) is 5.91 Å². The van der Waals surface area contributed by atoms with E-state index in [2.05, 4.69) is 10.6 Å².